The molecule has 1 rings (SSSR count). The Kier molecular flexibility index (Phi) is 3.29. The summed E-state index contributed by atoms with van der Waals surface area (Å²) >= 11 is 0. The third-order valence-corrected chi connectivity index (χ3v) is 2.46. The van der Waals surface area contributed by atoms with E-state index in [4.69, 9.17) is 0 Å². The Balaban J connectivity index is 2.99. The summed E-state index contributed by atoms with van der Waals surface area (Å²) in [6, 6.07) is 1.72. The molecule has 0 spiro atoms. The molecule has 0 unspecified atom stereocenters. The SMILES string of the molecule is CCCCc1cc(=O)[nH]c(C)c1C. The lowest BCUT2D eigenvalue weighted by Gasteiger charge is -2.06. The van der Waals surface area contributed by atoms with Crippen LogP contribution in [-0.4, -0.2) is 4.98 Å². The van der Waals surface area contributed by atoms with Crippen molar-refractivity contribution in [1.82, 2.24) is 4.98 Å². The fraction of sp³-hybridized carbons (Fsp3) is 0.545. The number of hydrogen-bond donors (Lipinski definition) is 1. The maximum atomic E-state index is 11.2. The van der Waals surface area contributed by atoms with Crippen LogP contribution in [0.5, 0.6) is 0 Å². The van der Waals surface area contributed by atoms with Gasteiger partial charge < -0.3 is 4.98 Å². The molecule has 2 heteroatoms. The Morgan fingerprint density at radius 3 is 2.69 bits per heavy atom. The lowest BCUT2D eigenvalue weighted by molar-refractivity contribution is 0.786. The largest absolute Gasteiger partial charge is 0.326 e. The van der Waals surface area contributed by atoms with Crippen LogP contribution in [0.1, 0.15) is 36.6 Å². The van der Waals surface area contributed by atoms with Crippen LogP contribution in [0.3, 0.4) is 0 Å². The van der Waals surface area contributed by atoms with Crippen LogP contribution >= 0.6 is 0 Å². The predicted octanol–water partition coefficient (Wildman–Crippen LogP) is 2.33. The van der Waals surface area contributed by atoms with E-state index >= 15 is 0 Å². The maximum Gasteiger partial charge on any atom is 0.248 e. The summed E-state index contributed by atoms with van der Waals surface area (Å²) in [5.41, 5.74) is 3.45. The molecule has 0 amide bonds. The second kappa shape index (κ2) is 4.26. The van der Waals surface area contributed by atoms with E-state index in [-0.39, 0.29) is 5.56 Å². The molecule has 0 bridgehead atoms. The Labute approximate surface area is 79.0 Å². The first-order valence-electron chi connectivity index (χ1n) is 4.84. The zero-order valence-electron chi connectivity index (χ0n) is 8.61. The zero-order chi connectivity index (χ0) is 9.84. The van der Waals surface area contributed by atoms with E-state index in [1.165, 1.54) is 17.5 Å². The van der Waals surface area contributed by atoms with Crippen molar-refractivity contribution in [3.8, 4) is 0 Å². The van der Waals surface area contributed by atoms with E-state index in [1.807, 2.05) is 6.92 Å². The van der Waals surface area contributed by atoms with Crippen LogP contribution in [0.2, 0.25) is 0 Å². The third kappa shape index (κ3) is 2.44. The van der Waals surface area contributed by atoms with Gasteiger partial charge >= 0.3 is 0 Å². The van der Waals surface area contributed by atoms with Crippen molar-refractivity contribution in [2.24, 2.45) is 0 Å². The standard InChI is InChI=1S/C11H17NO/c1-4-5-6-10-7-11(13)12-9(3)8(10)2/h7H,4-6H2,1-3H3,(H,12,13). The predicted molar refractivity (Wildman–Crippen MR) is 55.1 cm³/mol. The number of rotatable bonds is 3. The molecule has 1 heterocycles. The van der Waals surface area contributed by atoms with Gasteiger partial charge in [0.15, 0.2) is 0 Å². The van der Waals surface area contributed by atoms with E-state index in [0.29, 0.717) is 0 Å². The van der Waals surface area contributed by atoms with Crippen molar-refractivity contribution >= 4 is 0 Å². The topological polar surface area (TPSA) is 32.9 Å². The van der Waals surface area contributed by atoms with Crippen LogP contribution in [0.25, 0.3) is 0 Å². The Hall–Kier alpha value is -1.05. The summed E-state index contributed by atoms with van der Waals surface area (Å²) in [7, 11) is 0. The fourth-order valence-electron chi connectivity index (χ4n) is 1.45. The van der Waals surface area contributed by atoms with Crippen LogP contribution in [0.4, 0.5) is 0 Å². The normalized spacial score (nSPS) is 10.4. The number of aromatic nitrogens is 1. The zero-order valence-corrected chi connectivity index (χ0v) is 8.61. The van der Waals surface area contributed by atoms with Gasteiger partial charge in [0.25, 0.3) is 0 Å². The number of unbranched alkanes of at least 4 members (excludes halogenated alkanes) is 1. The highest BCUT2D eigenvalue weighted by Gasteiger charge is 2.02. The molecule has 0 saturated heterocycles. The quantitative estimate of drug-likeness (QED) is 0.759. The number of nitrogens with one attached hydrogen (secondary N) is 1. The summed E-state index contributed by atoms with van der Waals surface area (Å²) in [5, 5.41) is 0. The molecule has 0 aliphatic rings. The molecule has 1 aromatic heterocycles. The monoisotopic (exact) mass is 179 g/mol. The van der Waals surface area contributed by atoms with Gasteiger partial charge in [0.05, 0.1) is 0 Å². The van der Waals surface area contributed by atoms with Crippen molar-refractivity contribution in [1.29, 1.82) is 0 Å². The molecule has 0 saturated carbocycles. The molecule has 1 N–H and O–H groups in total. The molecule has 2 nitrogen and oxygen atoms in total. The molecule has 72 valence electrons. The Morgan fingerprint density at radius 2 is 2.08 bits per heavy atom. The molecule has 1 aromatic rings. The van der Waals surface area contributed by atoms with Crippen molar-refractivity contribution in [2.45, 2.75) is 40.0 Å². The van der Waals surface area contributed by atoms with E-state index < -0.39 is 0 Å². The minimum absolute atomic E-state index is 0.0224. The molecule has 0 atom stereocenters. The van der Waals surface area contributed by atoms with E-state index in [1.54, 1.807) is 6.07 Å². The number of hydrogen-bond acceptors (Lipinski definition) is 1. The summed E-state index contributed by atoms with van der Waals surface area (Å²) < 4.78 is 0. The van der Waals surface area contributed by atoms with Crippen molar-refractivity contribution in [3.63, 3.8) is 0 Å². The number of aryl methyl sites for hydroxylation is 2. The summed E-state index contributed by atoms with van der Waals surface area (Å²) in [6.45, 7) is 6.18. The molecular weight excluding hydrogens is 162 g/mol. The minimum Gasteiger partial charge on any atom is -0.326 e. The maximum absolute atomic E-state index is 11.2. The smallest absolute Gasteiger partial charge is 0.248 e. The molecule has 0 aromatic carbocycles. The van der Waals surface area contributed by atoms with Crippen molar-refractivity contribution in [3.05, 3.63) is 33.2 Å². The van der Waals surface area contributed by atoms with Crippen LogP contribution in [0, 0.1) is 13.8 Å². The van der Waals surface area contributed by atoms with Gasteiger partial charge in [-0.15, -0.1) is 0 Å². The van der Waals surface area contributed by atoms with Crippen LogP contribution in [0.15, 0.2) is 10.9 Å². The lowest BCUT2D eigenvalue weighted by atomic mass is 10.0. The van der Waals surface area contributed by atoms with Gasteiger partial charge in [0.1, 0.15) is 0 Å². The minimum atomic E-state index is 0.0224. The van der Waals surface area contributed by atoms with Gasteiger partial charge in [-0.3, -0.25) is 4.79 Å². The average molecular weight is 179 g/mol. The van der Waals surface area contributed by atoms with Crippen LogP contribution in [-0.2, 0) is 6.42 Å². The van der Waals surface area contributed by atoms with Gasteiger partial charge in [-0.05, 0) is 37.8 Å². The van der Waals surface area contributed by atoms with E-state index in [2.05, 4.69) is 18.8 Å². The summed E-state index contributed by atoms with van der Waals surface area (Å²) in [4.78, 5) is 14.0. The number of H-pyrrole nitrogens is 1. The van der Waals surface area contributed by atoms with E-state index in [9.17, 15) is 4.79 Å². The highest BCUT2D eigenvalue weighted by molar-refractivity contribution is 5.27. The molecule has 0 aliphatic carbocycles. The Bertz CT molecular complexity index is 338. The van der Waals surface area contributed by atoms with Crippen molar-refractivity contribution in [2.75, 3.05) is 0 Å². The first-order valence-corrected chi connectivity index (χ1v) is 4.84. The molecular formula is C11H17NO. The number of pyridine rings is 1. The van der Waals surface area contributed by atoms with Gasteiger partial charge in [-0.2, -0.15) is 0 Å². The van der Waals surface area contributed by atoms with E-state index in [0.717, 1.165) is 18.5 Å². The van der Waals surface area contributed by atoms with Gasteiger partial charge in [-0.1, -0.05) is 13.3 Å². The van der Waals surface area contributed by atoms with Crippen molar-refractivity contribution < 1.29 is 0 Å². The molecule has 0 aliphatic heterocycles. The van der Waals surface area contributed by atoms with Gasteiger partial charge in [-0.25, -0.2) is 0 Å². The Morgan fingerprint density at radius 1 is 1.38 bits per heavy atom. The second-order valence-electron chi connectivity index (χ2n) is 3.51. The molecule has 0 fully saturated rings. The van der Waals surface area contributed by atoms with Crippen LogP contribution < -0.4 is 5.56 Å². The lowest BCUT2D eigenvalue weighted by Crippen LogP contribution is -2.10. The second-order valence-corrected chi connectivity index (χ2v) is 3.51. The summed E-state index contributed by atoms with van der Waals surface area (Å²) in [6.07, 6.45) is 3.35. The third-order valence-electron chi connectivity index (χ3n) is 2.46. The first kappa shape index (κ1) is 10.0. The number of aromatic amines is 1. The van der Waals surface area contributed by atoms with Gasteiger partial charge in [0.2, 0.25) is 5.56 Å². The van der Waals surface area contributed by atoms with Gasteiger partial charge in [0, 0.05) is 11.8 Å². The first-order chi connectivity index (χ1) is 6.15. The molecule has 13 heavy (non-hydrogen) atoms. The molecule has 0 radical (unpaired) electrons. The summed E-state index contributed by atoms with van der Waals surface area (Å²) in [5.74, 6) is 0. The highest BCUT2D eigenvalue weighted by Crippen LogP contribution is 2.10. The fourth-order valence-corrected chi connectivity index (χ4v) is 1.45. The highest BCUT2D eigenvalue weighted by atomic mass is 16.1. The average Bonchev–Trinajstić information content (AvgIpc) is 2.09.